The molecular weight excluding hydrogens is 354 g/mol. The highest BCUT2D eigenvalue weighted by Crippen LogP contribution is 2.24. The van der Waals surface area contributed by atoms with Gasteiger partial charge in [-0.1, -0.05) is 32.0 Å². The number of hydrogen-bond acceptors (Lipinski definition) is 5. The van der Waals surface area contributed by atoms with Crippen LogP contribution in [0.5, 0.6) is 0 Å². The number of anilines is 1. The predicted octanol–water partition coefficient (Wildman–Crippen LogP) is 4.40. The second-order valence-corrected chi connectivity index (χ2v) is 6.98. The summed E-state index contributed by atoms with van der Waals surface area (Å²) in [6.07, 6.45) is 0. The average molecular weight is 375 g/mol. The Morgan fingerprint density at radius 3 is 2.68 bits per heavy atom. The van der Waals surface area contributed by atoms with Crippen LogP contribution < -0.4 is 5.32 Å². The lowest BCUT2D eigenvalue weighted by Crippen LogP contribution is -2.14. The van der Waals surface area contributed by atoms with Crippen LogP contribution in [0.15, 0.2) is 46.9 Å². The summed E-state index contributed by atoms with van der Waals surface area (Å²) < 4.78 is 7.18. The van der Waals surface area contributed by atoms with Crippen LogP contribution in [0.3, 0.4) is 0 Å². The third kappa shape index (κ3) is 3.26. The van der Waals surface area contributed by atoms with Gasteiger partial charge in [0, 0.05) is 12.6 Å². The van der Waals surface area contributed by atoms with Gasteiger partial charge in [0.15, 0.2) is 11.5 Å². The van der Waals surface area contributed by atoms with Gasteiger partial charge in [0.2, 0.25) is 5.82 Å². The Labute approximate surface area is 162 Å². The van der Waals surface area contributed by atoms with Gasteiger partial charge in [-0.15, -0.1) is 5.10 Å². The van der Waals surface area contributed by atoms with Gasteiger partial charge in [-0.3, -0.25) is 4.79 Å². The molecule has 2 aromatic carbocycles. The fourth-order valence-corrected chi connectivity index (χ4v) is 3.19. The zero-order valence-electron chi connectivity index (χ0n) is 16.2. The molecule has 2 aromatic heterocycles. The van der Waals surface area contributed by atoms with Crippen molar-refractivity contribution in [2.24, 2.45) is 0 Å². The van der Waals surface area contributed by atoms with E-state index in [1.54, 1.807) is 29.8 Å². The summed E-state index contributed by atoms with van der Waals surface area (Å²) >= 11 is 0. The van der Waals surface area contributed by atoms with Crippen LogP contribution in [-0.2, 0) is 0 Å². The summed E-state index contributed by atoms with van der Waals surface area (Å²) in [5.74, 6) is 1.31. The number of carbonyl (C=O) groups is 1. The van der Waals surface area contributed by atoms with Crippen LogP contribution in [-0.4, -0.2) is 25.7 Å². The molecule has 28 heavy (non-hydrogen) atoms. The van der Waals surface area contributed by atoms with Crippen molar-refractivity contribution >= 4 is 22.7 Å². The summed E-state index contributed by atoms with van der Waals surface area (Å²) in [6.45, 7) is 7.87. The molecule has 0 radical (unpaired) electrons. The lowest BCUT2D eigenvalue weighted by atomic mass is 10.0. The van der Waals surface area contributed by atoms with Gasteiger partial charge in [-0.05, 0) is 42.7 Å². The van der Waals surface area contributed by atoms with Crippen molar-refractivity contribution in [3.05, 3.63) is 65.6 Å². The van der Waals surface area contributed by atoms with Gasteiger partial charge in [0.05, 0.1) is 5.69 Å². The quantitative estimate of drug-likeness (QED) is 0.571. The molecular formula is C21H21N5O2. The summed E-state index contributed by atoms with van der Waals surface area (Å²) in [5.41, 5.74) is 4.06. The molecule has 0 atom stereocenters. The number of nitrogens with zero attached hydrogens (tertiary/aromatic N) is 4. The third-order valence-corrected chi connectivity index (χ3v) is 4.51. The van der Waals surface area contributed by atoms with Crippen molar-refractivity contribution in [2.45, 2.75) is 33.6 Å². The van der Waals surface area contributed by atoms with Crippen LogP contribution in [0.25, 0.3) is 16.8 Å². The Morgan fingerprint density at radius 1 is 1.11 bits per heavy atom. The minimum atomic E-state index is -0.372. The van der Waals surface area contributed by atoms with Gasteiger partial charge in [0.25, 0.3) is 5.91 Å². The zero-order valence-corrected chi connectivity index (χ0v) is 16.2. The lowest BCUT2D eigenvalue weighted by Gasteiger charge is -2.12. The second kappa shape index (κ2) is 6.92. The van der Waals surface area contributed by atoms with E-state index in [2.05, 4.69) is 40.3 Å². The Kier molecular flexibility index (Phi) is 4.43. The summed E-state index contributed by atoms with van der Waals surface area (Å²) in [4.78, 5) is 21.3. The molecule has 2 heterocycles. The van der Waals surface area contributed by atoms with E-state index in [1.165, 1.54) is 0 Å². The molecule has 4 rings (SSSR count). The maximum Gasteiger partial charge on any atom is 0.295 e. The molecule has 1 N–H and O–H groups in total. The topological polar surface area (TPSA) is 85.8 Å². The normalized spacial score (nSPS) is 11.3. The highest BCUT2D eigenvalue weighted by Gasteiger charge is 2.18. The van der Waals surface area contributed by atoms with Gasteiger partial charge in [0.1, 0.15) is 11.3 Å². The maximum absolute atomic E-state index is 12.7. The number of rotatable bonds is 4. The number of aryl methyl sites for hydroxylation is 2. The van der Waals surface area contributed by atoms with Crippen molar-refractivity contribution in [3.8, 4) is 5.69 Å². The maximum atomic E-state index is 12.7. The number of fused-ring (bicyclic) bond motifs is 1. The standard InChI is InChI=1S/C21H21N5O2/c1-12(2)16-7-5-6-8-18(16)26-13(3)22-20(25-26)21(27)24-15-9-10-19-17(11-15)23-14(4)28-19/h5-12H,1-4H3,(H,24,27). The number of nitrogens with one attached hydrogen (secondary N) is 1. The SMILES string of the molecule is Cc1nc2cc(NC(=O)c3nc(C)n(-c4ccccc4C(C)C)n3)ccc2o1. The predicted molar refractivity (Wildman–Crippen MR) is 107 cm³/mol. The van der Waals surface area contributed by atoms with Crippen LogP contribution in [0, 0.1) is 13.8 Å². The number of benzene rings is 2. The highest BCUT2D eigenvalue weighted by molar-refractivity contribution is 6.02. The fourth-order valence-electron chi connectivity index (χ4n) is 3.19. The molecule has 0 fully saturated rings. The molecule has 0 bridgehead atoms. The number of oxazole rings is 1. The van der Waals surface area contributed by atoms with E-state index in [0.717, 1.165) is 11.3 Å². The van der Waals surface area contributed by atoms with Crippen molar-refractivity contribution in [1.82, 2.24) is 19.7 Å². The van der Waals surface area contributed by atoms with E-state index in [1.807, 2.05) is 25.1 Å². The number of hydrogen-bond donors (Lipinski definition) is 1. The van der Waals surface area contributed by atoms with Gasteiger partial charge >= 0.3 is 0 Å². The molecule has 0 saturated carbocycles. The second-order valence-electron chi connectivity index (χ2n) is 6.98. The molecule has 0 aliphatic carbocycles. The van der Waals surface area contributed by atoms with Crippen LogP contribution >= 0.6 is 0 Å². The molecule has 7 nitrogen and oxygen atoms in total. The molecule has 0 spiro atoms. The van der Waals surface area contributed by atoms with Crippen molar-refractivity contribution in [1.29, 1.82) is 0 Å². The first-order chi connectivity index (χ1) is 13.4. The summed E-state index contributed by atoms with van der Waals surface area (Å²) in [7, 11) is 0. The first-order valence-corrected chi connectivity index (χ1v) is 9.14. The number of aromatic nitrogens is 4. The minimum absolute atomic E-state index is 0.118. The number of para-hydroxylation sites is 1. The van der Waals surface area contributed by atoms with Crippen molar-refractivity contribution in [2.75, 3.05) is 5.32 Å². The third-order valence-electron chi connectivity index (χ3n) is 4.51. The number of amides is 1. The van der Waals surface area contributed by atoms with E-state index < -0.39 is 0 Å². The Balaban J connectivity index is 1.63. The van der Waals surface area contributed by atoms with Crippen molar-refractivity contribution in [3.63, 3.8) is 0 Å². The van der Waals surface area contributed by atoms with E-state index in [-0.39, 0.29) is 11.7 Å². The molecule has 0 aliphatic heterocycles. The lowest BCUT2D eigenvalue weighted by molar-refractivity contribution is 0.101. The van der Waals surface area contributed by atoms with E-state index in [0.29, 0.717) is 34.4 Å². The monoisotopic (exact) mass is 375 g/mol. The van der Waals surface area contributed by atoms with Crippen LogP contribution in [0.2, 0.25) is 0 Å². The molecule has 0 saturated heterocycles. The van der Waals surface area contributed by atoms with Crippen LogP contribution in [0.1, 0.15) is 47.7 Å². The zero-order chi connectivity index (χ0) is 19.8. The van der Waals surface area contributed by atoms with E-state index >= 15 is 0 Å². The van der Waals surface area contributed by atoms with Crippen molar-refractivity contribution < 1.29 is 9.21 Å². The van der Waals surface area contributed by atoms with Gasteiger partial charge in [-0.25, -0.2) is 14.6 Å². The fraction of sp³-hybridized carbons (Fsp3) is 0.238. The smallest absolute Gasteiger partial charge is 0.295 e. The molecule has 142 valence electrons. The Hall–Kier alpha value is -3.48. The summed E-state index contributed by atoms with van der Waals surface area (Å²) in [6, 6.07) is 13.3. The number of carbonyl (C=O) groups excluding carboxylic acids is 1. The van der Waals surface area contributed by atoms with Gasteiger partial charge < -0.3 is 9.73 Å². The van der Waals surface area contributed by atoms with Crippen LogP contribution in [0.4, 0.5) is 5.69 Å². The minimum Gasteiger partial charge on any atom is -0.441 e. The largest absolute Gasteiger partial charge is 0.441 e. The first-order valence-electron chi connectivity index (χ1n) is 9.14. The Morgan fingerprint density at radius 2 is 1.89 bits per heavy atom. The molecule has 4 aromatic rings. The molecule has 0 aliphatic rings. The molecule has 7 heteroatoms. The first kappa shape index (κ1) is 17.9. The van der Waals surface area contributed by atoms with Gasteiger partial charge in [-0.2, -0.15) is 0 Å². The molecule has 1 amide bonds. The van der Waals surface area contributed by atoms with E-state index in [9.17, 15) is 4.79 Å². The average Bonchev–Trinajstić information content (AvgIpc) is 3.23. The molecule has 0 unspecified atom stereocenters. The summed E-state index contributed by atoms with van der Waals surface area (Å²) in [5, 5.41) is 7.28. The Bertz CT molecular complexity index is 1170. The highest BCUT2D eigenvalue weighted by atomic mass is 16.3. The van der Waals surface area contributed by atoms with E-state index in [4.69, 9.17) is 4.42 Å².